The van der Waals surface area contributed by atoms with Crippen molar-refractivity contribution in [3.05, 3.63) is 102 Å². The van der Waals surface area contributed by atoms with Gasteiger partial charge in [0.15, 0.2) is 12.3 Å². The molecular weight excluding hydrogens is 394 g/mol. The van der Waals surface area contributed by atoms with E-state index in [0.717, 1.165) is 11.1 Å². The number of nitrogens with zero attached hydrogens (tertiary/aromatic N) is 1. The van der Waals surface area contributed by atoms with Crippen LogP contribution in [0.25, 0.3) is 0 Å². The van der Waals surface area contributed by atoms with Crippen molar-refractivity contribution in [2.24, 2.45) is 0 Å². The van der Waals surface area contributed by atoms with Crippen molar-refractivity contribution >= 4 is 11.9 Å². The molecular formula is C25H23NO5. The van der Waals surface area contributed by atoms with Gasteiger partial charge < -0.3 is 14.2 Å². The minimum atomic E-state index is -0.966. The monoisotopic (exact) mass is 417 g/mol. The summed E-state index contributed by atoms with van der Waals surface area (Å²) >= 11 is 0. The maximum Gasteiger partial charge on any atom is 0.337 e. The summed E-state index contributed by atoms with van der Waals surface area (Å²) in [7, 11) is 2.91. The normalized spacial score (nSPS) is 20.3. The quantitative estimate of drug-likeness (QED) is 0.584. The molecule has 1 amide bonds. The lowest BCUT2D eigenvalue weighted by Gasteiger charge is -2.29. The molecule has 6 heteroatoms. The number of hydrogen-bond acceptors (Lipinski definition) is 5. The lowest BCUT2D eigenvalue weighted by molar-refractivity contribution is -0.154. The second kappa shape index (κ2) is 9.02. The van der Waals surface area contributed by atoms with Gasteiger partial charge in [0.1, 0.15) is 5.75 Å². The van der Waals surface area contributed by atoms with E-state index in [2.05, 4.69) is 0 Å². The van der Waals surface area contributed by atoms with Gasteiger partial charge in [-0.2, -0.15) is 0 Å². The maximum absolute atomic E-state index is 13.7. The average Bonchev–Trinajstić information content (AvgIpc) is 3.25. The molecule has 0 aromatic heterocycles. The number of ether oxygens (including phenoxy) is 3. The molecule has 4 rings (SSSR count). The summed E-state index contributed by atoms with van der Waals surface area (Å²) in [5.74, 6) is -0.0794. The molecule has 3 atom stereocenters. The molecule has 0 spiro atoms. The summed E-state index contributed by atoms with van der Waals surface area (Å²) < 4.78 is 16.5. The fraction of sp³-hybridized carbons (Fsp3) is 0.200. The average molecular weight is 417 g/mol. The van der Waals surface area contributed by atoms with Crippen LogP contribution in [0.2, 0.25) is 0 Å². The molecule has 3 aromatic rings. The lowest BCUT2D eigenvalue weighted by Crippen LogP contribution is -2.37. The number of amides is 1. The van der Waals surface area contributed by atoms with Gasteiger partial charge in [-0.1, -0.05) is 60.7 Å². The number of benzene rings is 3. The molecule has 1 saturated heterocycles. The molecule has 1 fully saturated rings. The van der Waals surface area contributed by atoms with E-state index in [1.54, 1.807) is 36.3 Å². The Labute approximate surface area is 181 Å². The number of carbonyl (C=O) groups is 2. The third-order valence-corrected chi connectivity index (χ3v) is 5.35. The molecule has 158 valence electrons. The van der Waals surface area contributed by atoms with Crippen LogP contribution in [0.3, 0.4) is 0 Å². The predicted molar refractivity (Wildman–Crippen MR) is 114 cm³/mol. The van der Waals surface area contributed by atoms with E-state index < -0.39 is 24.3 Å². The molecule has 1 aliphatic heterocycles. The maximum atomic E-state index is 13.7. The van der Waals surface area contributed by atoms with E-state index in [1.807, 2.05) is 60.7 Å². The molecule has 0 aliphatic carbocycles. The van der Waals surface area contributed by atoms with E-state index in [4.69, 9.17) is 14.2 Å². The molecule has 0 N–H and O–H groups in total. The molecule has 0 bridgehead atoms. The summed E-state index contributed by atoms with van der Waals surface area (Å²) in [6.07, 6.45) is -1.74. The number of carbonyl (C=O) groups excluding carboxylic acids is 2. The highest BCUT2D eigenvalue weighted by Gasteiger charge is 2.50. The van der Waals surface area contributed by atoms with E-state index in [0.29, 0.717) is 11.3 Å². The van der Waals surface area contributed by atoms with Gasteiger partial charge in [-0.3, -0.25) is 9.69 Å². The molecule has 31 heavy (non-hydrogen) atoms. The molecule has 1 aliphatic rings. The van der Waals surface area contributed by atoms with Crippen LogP contribution in [0.15, 0.2) is 84.9 Å². The van der Waals surface area contributed by atoms with E-state index >= 15 is 0 Å². The lowest BCUT2D eigenvalue weighted by atomic mass is 9.99. The Hall–Kier alpha value is -3.64. The molecule has 3 aromatic carbocycles. The van der Waals surface area contributed by atoms with Gasteiger partial charge in [0.25, 0.3) is 5.91 Å². The van der Waals surface area contributed by atoms with E-state index in [-0.39, 0.29) is 5.91 Å². The van der Waals surface area contributed by atoms with Gasteiger partial charge in [-0.15, -0.1) is 0 Å². The second-order valence-electron chi connectivity index (χ2n) is 7.14. The Kier molecular flexibility index (Phi) is 6.00. The van der Waals surface area contributed by atoms with Crippen molar-refractivity contribution < 1.29 is 23.8 Å². The Morgan fingerprint density at radius 3 is 2.00 bits per heavy atom. The van der Waals surface area contributed by atoms with E-state index in [9.17, 15) is 9.59 Å². The van der Waals surface area contributed by atoms with Crippen molar-refractivity contribution in [1.29, 1.82) is 0 Å². The minimum absolute atomic E-state index is 0.235. The second-order valence-corrected chi connectivity index (χ2v) is 7.14. The Morgan fingerprint density at radius 2 is 1.42 bits per heavy atom. The Bertz CT molecular complexity index is 1040. The fourth-order valence-corrected chi connectivity index (χ4v) is 3.83. The number of rotatable bonds is 5. The zero-order valence-electron chi connectivity index (χ0n) is 17.3. The minimum Gasteiger partial charge on any atom is -0.497 e. The number of esters is 1. The fourth-order valence-electron chi connectivity index (χ4n) is 3.83. The molecule has 1 heterocycles. The highest BCUT2D eigenvalue weighted by Crippen LogP contribution is 2.44. The zero-order chi connectivity index (χ0) is 21.8. The smallest absolute Gasteiger partial charge is 0.337 e. The summed E-state index contributed by atoms with van der Waals surface area (Å²) in [6, 6.07) is 25.0. The molecule has 0 unspecified atom stereocenters. The highest BCUT2D eigenvalue weighted by atomic mass is 16.6. The van der Waals surface area contributed by atoms with Crippen LogP contribution in [0.1, 0.15) is 33.8 Å². The number of methoxy groups -OCH3 is 2. The van der Waals surface area contributed by atoms with Crippen molar-refractivity contribution in [3.63, 3.8) is 0 Å². The predicted octanol–water partition coefficient (Wildman–Crippen LogP) is 4.15. The van der Waals surface area contributed by atoms with Gasteiger partial charge in [-0.25, -0.2) is 4.79 Å². The van der Waals surface area contributed by atoms with Gasteiger partial charge >= 0.3 is 5.97 Å². The van der Waals surface area contributed by atoms with Crippen LogP contribution >= 0.6 is 0 Å². The molecule has 0 radical (unpaired) electrons. The SMILES string of the molecule is COC(=O)[C@@H]1O[C@H](c2ccc(OC)cc2)N(C(=O)c2ccccc2)[C@H]1c1ccccc1. The van der Waals surface area contributed by atoms with Crippen LogP contribution in [-0.4, -0.2) is 37.1 Å². The van der Waals surface area contributed by atoms with Gasteiger partial charge in [-0.05, 0) is 29.8 Å². The van der Waals surface area contributed by atoms with Crippen molar-refractivity contribution in [2.75, 3.05) is 14.2 Å². The van der Waals surface area contributed by atoms with Crippen LogP contribution in [0, 0.1) is 0 Å². The molecule has 6 nitrogen and oxygen atoms in total. The highest BCUT2D eigenvalue weighted by molar-refractivity contribution is 5.95. The van der Waals surface area contributed by atoms with Gasteiger partial charge in [0.2, 0.25) is 0 Å². The summed E-state index contributed by atoms with van der Waals surface area (Å²) in [4.78, 5) is 28.0. The zero-order valence-corrected chi connectivity index (χ0v) is 17.3. The van der Waals surface area contributed by atoms with E-state index in [1.165, 1.54) is 7.11 Å². The Balaban J connectivity index is 1.84. The first-order chi connectivity index (χ1) is 15.1. The first kappa shape index (κ1) is 20.6. The van der Waals surface area contributed by atoms with Gasteiger partial charge in [0.05, 0.1) is 20.3 Å². The standard InChI is InChI=1S/C25H23NO5/c1-29-20-15-13-19(14-16-20)24-26(23(27)18-11-7-4-8-12-18)21(17-9-5-3-6-10-17)22(31-24)25(28)30-2/h3-16,21-22,24H,1-2H3/t21-,22+,24+/m0/s1. The Morgan fingerprint density at radius 1 is 0.806 bits per heavy atom. The summed E-state index contributed by atoms with van der Waals surface area (Å²) in [5.41, 5.74) is 2.03. The largest absolute Gasteiger partial charge is 0.497 e. The van der Waals surface area contributed by atoms with Gasteiger partial charge in [0, 0.05) is 11.1 Å². The summed E-state index contributed by atoms with van der Waals surface area (Å²) in [5, 5.41) is 0. The first-order valence-corrected chi connectivity index (χ1v) is 9.94. The van der Waals surface area contributed by atoms with Crippen LogP contribution in [-0.2, 0) is 14.3 Å². The molecule has 0 saturated carbocycles. The summed E-state index contributed by atoms with van der Waals surface area (Å²) in [6.45, 7) is 0. The number of hydrogen-bond donors (Lipinski definition) is 0. The third-order valence-electron chi connectivity index (χ3n) is 5.35. The van der Waals surface area contributed by atoms with Crippen molar-refractivity contribution in [1.82, 2.24) is 4.90 Å². The topological polar surface area (TPSA) is 65.1 Å². The van der Waals surface area contributed by atoms with Crippen molar-refractivity contribution in [2.45, 2.75) is 18.4 Å². The van der Waals surface area contributed by atoms with Crippen LogP contribution < -0.4 is 4.74 Å². The van der Waals surface area contributed by atoms with Crippen LogP contribution in [0.4, 0.5) is 0 Å². The van der Waals surface area contributed by atoms with Crippen molar-refractivity contribution in [3.8, 4) is 5.75 Å². The van der Waals surface area contributed by atoms with Crippen LogP contribution in [0.5, 0.6) is 5.75 Å². The first-order valence-electron chi connectivity index (χ1n) is 9.94. The third kappa shape index (κ3) is 4.02.